The van der Waals surface area contributed by atoms with E-state index < -0.39 is 16.1 Å². The third kappa shape index (κ3) is 8.97. The molecule has 0 aliphatic carbocycles. The summed E-state index contributed by atoms with van der Waals surface area (Å²) in [5.41, 5.74) is 1.63. The Morgan fingerprint density at radius 2 is 1.38 bits per heavy atom. The van der Waals surface area contributed by atoms with Crippen molar-refractivity contribution in [3.05, 3.63) is 0 Å². The van der Waals surface area contributed by atoms with E-state index in [2.05, 4.69) is 45.8 Å². The normalized spacial score (nSPS) is 13.8. The summed E-state index contributed by atoms with van der Waals surface area (Å²) >= 11 is 0. The van der Waals surface area contributed by atoms with Crippen molar-refractivity contribution in [3.8, 4) is 0 Å². The minimum absolute atomic E-state index is 0.288. The Labute approximate surface area is 88.8 Å². The number of hydrogen-bond acceptors (Lipinski definition) is 0. The van der Waals surface area contributed by atoms with E-state index in [0.717, 1.165) is 0 Å². The zero-order valence-electron chi connectivity index (χ0n) is 10.7. The molecule has 3 heteroatoms. The fraction of sp³-hybridized carbons (Fsp3) is 1.00. The molecule has 0 aliphatic rings. The van der Waals surface area contributed by atoms with Crippen LogP contribution >= 0.6 is 0 Å². The minimum Gasteiger partial charge on any atom is -0.0722 e. The van der Waals surface area contributed by atoms with Crippen LogP contribution in [0, 0.1) is 0 Å². The Morgan fingerprint density at radius 3 is 1.69 bits per heavy atom. The summed E-state index contributed by atoms with van der Waals surface area (Å²) < 4.78 is 0. The van der Waals surface area contributed by atoms with Crippen LogP contribution in [0.25, 0.3) is 0 Å². The van der Waals surface area contributed by atoms with Gasteiger partial charge in [0, 0.05) is 24.9 Å². The van der Waals surface area contributed by atoms with Crippen molar-refractivity contribution < 1.29 is 0 Å². The van der Waals surface area contributed by atoms with E-state index in [1.807, 2.05) is 0 Å². The summed E-state index contributed by atoms with van der Waals surface area (Å²) in [6.07, 6.45) is 0. The molecule has 0 aliphatic heterocycles. The van der Waals surface area contributed by atoms with Crippen LogP contribution in [0.2, 0.25) is 63.6 Å². The first-order valence-corrected chi connectivity index (χ1v) is 15.9. The van der Waals surface area contributed by atoms with E-state index in [4.69, 9.17) is 0 Å². The third-order valence-electron chi connectivity index (χ3n) is 2.41. The lowest BCUT2D eigenvalue weighted by Crippen LogP contribution is -2.37. The molecule has 0 aromatic heterocycles. The SMILES string of the molecule is C[SiH](C)CC[Si](C)(C)C[Si](C)(C)C. The second kappa shape index (κ2) is 4.94. The molecule has 0 N–H and O–H groups in total. The van der Waals surface area contributed by atoms with Crippen molar-refractivity contribution in [2.24, 2.45) is 0 Å². The van der Waals surface area contributed by atoms with Crippen LogP contribution in [0.5, 0.6) is 0 Å². The van der Waals surface area contributed by atoms with E-state index >= 15 is 0 Å². The average Bonchev–Trinajstić information content (AvgIpc) is 1.78. The molecule has 0 unspecified atom stereocenters. The lowest BCUT2D eigenvalue weighted by molar-refractivity contribution is 1.28. The first-order valence-electron chi connectivity index (χ1n) is 5.62. The molecule has 80 valence electrons. The Hall–Kier alpha value is 0.651. The molecule has 0 amide bonds. The largest absolute Gasteiger partial charge is 0.0722 e. The van der Waals surface area contributed by atoms with Gasteiger partial charge in [0.05, 0.1) is 0 Å². The van der Waals surface area contributed by atoms with Gasteiger partial charge in [-0.2, -0.15) is 0 Å². The third-order valence-corrected chi connectivity index (χ3v) is 14.1. The van der Waals surface area contributed by atoms with Gasteiger partial charge < -0.3 is 0 Å². The van der Waals surface area contributed by atoms with Crippen molar-refractivity contribution in [1.29, 1.82) is 0 Å². The fourth-order valence-corrected chi connectivity index (χ4v) is 19.8. The molecule has 0 saturated heterocycles. The maximum atomic E-state index is 2.60. The molecule has 0 spiro atoms. The Balaban J connectivity index is 3.94. The smallest absolute Gasteiger partial charge is 0.0444 e. The highest BCUT2D eigenvalue weighted by Gasteiger charge is 2.28. The summed E-state index contributed by atoms with van der Waals surface area (Å²) in [5, 5.41) is 0. The van der Waals surface area contributed by atoms with Crippen LogP contribution < -0.4 is 0 Å². The Morgan fingerprint density at radius 1 is 0.923 bits per heavy atom. The summed E-state index contributed by atoms with van der Waals surface area (Å²) in [5.74, 6) is 0. The molecule has 0 aromatic carbocycles. The van der Waals surface area contributed by atoms with Crippen molar-refractivity contribution in [3.63, 3.8) is 0 Å². The molecular weight excluding hydrogens is 204 g/mol. The zero-order valence-corrected chi connectivity index (χ0v) is 13.9. The van der Waals surface area contributed by atoms with E-state index in [-0.39, 0.29) is 8.80 Å². The van der Waals surface area contributed by atoms with E-state index in [1.165, 1.54) is 0 Å². The highest BCUT2D eigenvalue weighted by Crippen LogP contribution is 2.25. The number of hydrogen-bond donors (Lipinski definition) is 0. The van der Waals surface area contributed by atoms with Crippen LogP contribution in [0.15, 0.2) is 0 Å². The minimum atomic E-state index is -0.805. The Bertz CT molecular complexity index is 145. The van der Waals surface area contributed by atoms with Crippen molar-refractivity contribution in [1.82, 2.24) is 0 Å². The molecule has 0 heterocycles. The molecule has 0 aromatic rings. The van der Waals surface area contributed by atoms with Gasteiger partial charge in [-0.1, -0.05) is 63.6 Å². The van der Waals surface area contributed by atoms with Gasteiger partial charge in [-0.25, -0.2) is 0 Å². The lowest BCUT2D eigenvalue weighted by atomic mass is 10.9. The van der Waals surface area contributed by atoms with Crippen LogP contribution in [0.3, 0.4) is 0 Å². The van der Waals surface area contributed by atoms with Gasteiger partial charge in [-0.05, 0) is 0 Å². The molecule has 0 radical (unpaired) electrons. The van der Waals surface area contributed by atoms with E-state index in [9.17, 15) is 0 Å². The van der Waals surface area contributed by atoms with Gasteiger partial charge in [-0.15, -0.1) is 0 Å². The van der Waals surface area contributed by atoms with Crippen LogP contribution in [0.1, 0.15) is 0 Å². The second-order valence-corrected chi connectivity index (χ2v) is 21.6. The maximum absolute atomic E-state index is 2.60. The number of rotatable bonds is 5. The van der Waals surface area contributed by atoms with Gasteiger partial charge in [0.1, 0.15) is 0 Å². The highest BCUT2D eigenvalue weighted by molar-refractivity contribution is 6.95. The van der Waals surface area contributed by atoms with E-state index in [0.29, 0.717) is 0 Å². The van der Waals surface area contributed by atoms with E-state index in [1.54, 1.807) is 17.8 Å². The first kappa shape index (κ1) is 13.7. The standard InChI is InChI=1S/C10H28Si3/c1-11(2)8-9-13(6,7)10-12(3,4)5/h11H,8-10H2,1-7H3. The van der Waals surface area contributed by atoms with Gasteiger partial charge >= 0.3 is 0 Å². The molecule has 0 bridgehead atoms. The van der Waals surface area contributed by atoms with Gasteiger partial charge in [-0.3, -0.25) is 0 Å². The average molecular weight is 233 g/mol. The van der Waals surface area contributed by atoms with Crippen LogP contribution in [-0.4, -0.2) is 24.9 Å². The molecule has 0 rings (SSSR count). The summed E-state index contributed by atoms with van der Waals surface area (Å²) in [6, 6.07) is 3.19. The molecule has 0 saturated carbocycles. The summed E-state index contributed by atoms with van der Waals surface area (Å²) in [4.78, 5) is 0. The topological polar surface area (TPSA) is 0 Å². The fourth-order valence-electron chi connectivity index (χ4n) is 2.20. The predicted octanol–water partition coefficient (Wildman–Crippen LogP) is 4.06. The molecule has 0 nitrogen and oxygen atoms in total. The van der Waals surface area contributed by atoms with Gasteiger partial charge in [0.15, 0.2) is 0 Å². The molecule has 0 atom stereocenters. The highest BCUT2D eigenvalue weighted by atomic mass is 28.4. The monoisotopic (exact) mass is 232 g/mol. The van der Waals surface area contributed by atoms with Crippen molar-refractivity contribution in [2.45, 2.75) is 63.6 Å². The van der Waals surface area contributed by atoms with Gasteiger partial charge in [0.2, 0.25) is 0 Å². The maximum Gasteiger partial charge on any atom is 0.0444 e. The Kier molecular flexibility index (Phi) is 5.18. The van der Waals surface area contributed by atoms with Crippen LogP contribution in [0.4, 0.5) is 0 Å². The quantitative estimate of drug-likeness (QED) is 0.627. The second-order valence-electron chi connectivity index (χ2n) is 6.83. The molecule has 13 heavy (non-hydrogen) atoms. The summed E-state index contributed by atoms with van der Waals surface area (Å²) in [6.45, 7) is 17.7. The van der Waals surface area contributed by atoms with Crippen molar-refractivity contribution >= 4 is 24.9 Å². The summed E-state index contributed by atoms with van der Waals surface area (Å²) in [7, 11) is -1.88. The van der Waals surface area contributed by atoms with Gasteiger partial charge in [0.25, 0.3) is 0 Å². The molecule has 0 fully saturated rings. The predicted molar refractivity (Wildman–Crippen MR) is 74.1 cm³/mol. The molecular formula is C10H28Si3. The van der Waals surface area contributed by atoms with Crippen molar-refractivity contribution in [2.75, 3.05) is 0 Å². The first-order chi connectivity index (χ1) is 5.62. The van der Waals surface area contributed by atoms with Crippen LogP contribution in [-0.2, 0) is 0 Å². The zero-order chi connectivity index (χ0) is 10.7. The lowest BCUT2D eigenvalue weighted by Gasteiger charge is -2.30.